The fourth-order valence-electron chi connectivity index (χ4n) is 4.47. The molecule has 1 amide bonds. The van der Waals surface area contributed by atoms with Crippen LogP contribution >= 0.6 is 23.2 Å². The molecule has 0 aliphatic heterocycles. The second-order valence-corrected chi connectivity index (χ2v) is 9.72. The number of carbonyl (C=O) groups is 1. The van der Waals surface area contributed by atoms with Gasteiger partial charge in [-0.2, -0.15) is 0 Å². The number of benzene rings is 4. The molecule has 0 aromatic heterocycles. The Morgan fingerprint density at radius 2 is 1.29 bits per heavy atom. The van der Waals surface area contributed by atoms with Crippen molar-refractivity contribution in [2.75, 3.05) is 6.54 Å². The molecule has 0 aliphatic rings. The van der Waals surface area contributed by atoms with Crippen molar-refractivity contribution < 1.29 is 4.79 Å². The van der Waals surface area contributed by atoms with Gasteiger partial charge in [-0.3, -0.25) is 4.79 Å². The summed E-state index contributed by atoms with van der Waals surface area (Å²) < 4.78 is 0. The minimum absolute atomic E-state index is 0.0454. The summed E-state index contributed by atoms with van der Waals surface area (Å²) in [5, 5.41) is 4.62. The molecule has 2 nitrogen and oxygen atoms in total. The predicted octanol–water partition coefficient (Wildman–Crippen LogP) is 8.10. The molecule has 0 radical (unpaired) electrons. The summed E-state index contributed by atoms with van der Waals surface area (Å²) in [6.45, 7) is 2.69. The van der Waals surface area contributed by atoms with Crippen molar-refractivity contribution in [2.24, 2.45) is 0 Å². The number of halogens is 2. The Morgan fingerprint density at radius 1 is 0.714 bits per heavy atom. The van der Waals surface area contributed by atoms with Gasteiger partial charge < -0.3 is 5.32 Å². The minimum Gasteiger partial charge on any atom is -0.351 e. The maximum Gasteiger partial charge on any atom is 0.251 e. The van der Waals surface area contributed by atoms with Crippen LogP contribution in [-0.4, -0.2) is 12.5 Å². The van der Waals surface area contributed by atoms with Crippen molar-refractivity contribution in [1.82, 2.24) is 5.32 Å². The monoisotopic (exact) mass is 501 g/mol. The Balaban J connectivity index is 1.51. The average Bonchev–Trinajstić information content (AvgIpc) is 2.89. The Hall–Kier alpha value is -3.07. The second-order valence-electron chi connectivity index (χ2n) is 8.85. The number of hydrogen-bond acceptors (Lipinski definition) is 1. The van der Waals surface area contributed by atoms with E-state index in [0.29, 0.717) is 16.6 Å². The molecule has 0 spiro atoms. The third kappa shape index (κ3) is 6.75. The molecule has 4 aromatic carbocycles. The van der Waals surface area contributed by atoms with Crippen LogP contribution in [0.2, 0.25) is 10.0 Å². The lowest BCUT2D eigenvalue weighted by atomic mass is 9.82. The highest BCUT2D eigenvalue weighted by molar-refractivity contribution is 6.30. The summed E-state index contributed by atoms with van der Waals surface area (Å²) in [4.78, 5) is 13.3. The molecular weight excluding hydrogens is 473 g/mol. The first kappa shape index (κ1) is 25.0. The van der Waals surface area contributed by atoms with Gasteiger partial charge >= 0.3 is 0 Å². The minimum atomic E-state index is -0.0454. The van der Waals surface area contributed by atoms with E-state index in [1.165, 1.54) is 11.1 Å². The topological polar surface area (TPSA) is 29.1 Å². The SMILES string of the molecule is CC(c1ccc(Cl)cc1)C(CNC(=O)c1ccccc1CCc1ccccc1)c1ccc(Cl)cc1. The molecular formula is C31H29Cl2NO. The number of rotatable bonds is 9. The van der Waals surface area contributed by atoms with Gasteiger partial charge in [0.25, 0.3) is 5.91 Å². The van der Waals surface area contributed by atoms with Gasteiger partial charge in [0, 0.05) is 28.1 Å². The van der Waals surface area contributed by atoms with Gasteiger partial charge in [-0.1, -0.05) is 103 Å². The van der Waals surface area contributed by atoms with E-state index >= 15 is 0 Å². The third-order valence-electron chi connectivity index (χ3n) is 6.57. The van der Waals surface area contributed by atoms with Crippen molar-refractivity contribution in [1.29, 1.82) is 0 Å². The Labute approximate surface area is 217 Å². The van der Waals surface area contributed by atoms with Crippen LogP contribution in [0.15, 0.2) is 103 Å². The first-order chi connectivity index (χ1) is 17.0. The number of carbonyl (C=O) groups excluding carboxylic acids is 1. The molecule has 2 unspecified atom stereocenters. The number of aryl methyl sites for hydroxylation is 2. The van der Waals surface area contributed by atoms with E-state index in [1.54, 1.807) is 0 Å². The third-order valence-corrected chi connectivity index (χ3v) is 7.07. The van der Waals surface area contributed by atoms with E-state index in [1.807, 2.05) is 78.9 Å². The highest BCUT2D eigenvalue weighted by Gasteiger charge is 2.23. The van der Waals surface area contributed by atoms with Gasteiger partial charge in [0.15, 0.2) is 0 Å². The van der Waals surface area contributed by atoms with Crippen molar-refractivity contribution in [3.63, 3.8) is 0 Å². The zero-order chi connectivity index (χ0) is 24.6. The number of amides is 1. The highest BCUT2D eigenvalue weighted by atomic mass is 35.5. The molecule has 1 N–H and O–H groups in total. The summed E-state index contributed by atoms with van der Waals surface area (Å²) in [7, 11) is 0. The molecule has 0 heterocycles. The van der Waals surface area contributed by atoms with E-state index in [0.717, 1.165) is 29.5 Å². The molecule has 0 fully saturated rings. The van der Waals surface area contributed by atoms with Gasteiger partial charge in [0.2, 0.25) is 0 Å². The first-order valence-electron chi connectivity index (χ1n) is 11.9. The lowest BCUT2D eigenvalue weighted by Crippen LogP contribution is -2.31. The maximum absolute atomic E-state index is 13.3. The van der Waals surface area contributed by atoms with E-state index in [2.05, 4.69) is 36.5 Å². The van der Waals surface area contributed by atoms with Gasteiger partial charge in [-0.05, 0) is 71.3 Å². The summed E-state index contributed by atoms with van der Waals surface area (Å²) >= 11 is 12.3. The van der Waals surface area contributed by atoms with Crippen LogP contribution in [-0.2, 0) is 12.8 Å². The normalized spacial score (nSPS) is 12.7. The average molecular weight is 502 g/mol. The molecule has 2 atom stereocenters. The van der Waals surface area contributed by atoms with Gasteiger partial charge in [0.1, 0.15) is 0 Å². The summed E-state index contributed by atoms with van der Waals surface area (Å²) in [5.74, 6) is 0.201. The molecule has 4 aromatic rings. The van der Waals surface area contributed by atoms with Crippen molar-refractivity contribution >= 4 is 29.1 Å². The van der Waals surface area contributed by atoms with Crippen LogP contribution < -0.4 is 5.32 Å². The van der Waals surface area contributed by atoms with Crippen molar-refractivity contribution in [3.8, 4) is 0 Å². The maximum atomic E-state index is 13.3. The Bertz CT molecular complexity index is 1240. The smallest absolute Gasteiger partial charge is 0.251 e. The molecule has 0 saturated carbocycles. The number of hydrogen-bond donors (Lipinski definition) is 1. The highest BCUT2D eigenvalue weighted by Crippen LogP contribution is 2.33. The molecule has 0 aliphatic carbocycles. The van der Waals surface area contributed by atoms with Gasteiger partial charge in [-0.25, -0.2) is 0 Å². The summed E-state index contributed by atoms with van der Waals surface area (Å²) in [5.41, 5.74) is 5.36. The lowest BCUT2D eigenvalue weighted by Gasteiger charge is -2.26. The lowest BCUT2D eigenvalue weighted by molar-refractivity contribution is 0.0949. The van der Waals surface area contributed by atoms with Gasteiger partial charge in [-0.15, -0.1) is 0 Å². The van der Waals surface area contributed by atoms with E-state index in [4.69, 9.17) is 23.2 Å². The molecule has 4 heteroatoms. The van der Waals surface area contributed by atoms with E-state index in [9.17, 15) is 4.79 Å². The molecule has 0 bridgehead atoms. The molecule has 178 valence electrons. The standard InChI is InChI=1S/C31H29Cl2NO/c1-22(24-13-17-27(32)18-14-24)30(26-15-19-28(33)20-16-26)21-34-31(35)29-10-6-5-9-25(29)12-11-23-7-3-2-4-8-23/h2-10,13-20,22,30H,11-12,21H2,1H3,(H,34,35). The van der Waals surface area contributed by atoms with Crippen LogP contribution in [0.4, 0.5) is 0 Å². The zero-order valence-electron chi connectivity index (χ0n) is 19.8. The van der Waals surface area contributed by atoms with E-state index < -0.39 is 0 Å². The van der Waals surface area contributed by atoms with Crippen LogP contribution in [0.3, 0.4) is 0 Å². The summed E-state index contributed by atoms with van der Waals surface area (Å²) in [6.07, 6.45) is 1.71. The predicted molar refractivity (Wildman–Crippen MR) is 147 cm³/mol. The largest absolute Gasteiger partial charge is 0.351 e. The first-order valence-corrected chi connectivity index (χ1v) is 12.7. The van der Waals surface area contributed by atoms with Crippen LogP contribution in [0.25, 0.3) is 0 Å². The van der Waals surface area contributed by atoms with Crippen molar-refractivity contribution in [3.05, 3.63) is 141 Å². The summed E-state index contributed by atoms with van der Waals surface area (Å²) in [6, 6.07) is 34.1. The second kappa shape index (κ2) is 12.1. The fraction of sp³-hybridized carbons (Fsp3) is 0.194. The van der Waals surface area contributed by atoms with Gasteiger partial charge in [0.05, 0.1) is 0 Å². The van der Waals surface area contributed by atoms with Crippen molar-refractivity contribution in [2.45, 2.75) is 31.6 Å². The fourth-order valence-corrected chi connectivity index (χ4v) is 4.73. The quantitative estimate of drug-likeness (QED) is 0.246. The van der Waals surface area contributed by atoms with E-state index in [-0.39, 0.29) is 17.7 Å². The Morgan fingerprint density at radius 3 is 1.94 bits per heavy atom. The van der Waals surface area contributed by atoms with Crippen LogP contribution in [0, 0.1) is 0 Å². The molecule has 0 saturated heterocycles. The zero-order valence-corrected chi connectivity index (χ0v) is 21.3. The van der Waals surface area contributed by atoms with Crippen LogP contribution in [0.1, 0.15) is 51.4 Å². The molecule has 4 rings (SSSR count). The molecule has 35 heavy (non-hydrogen) atoms. The number of nitrogens with one attached hydrogen (secondary N) is 1. The Kier molecular flexibility index (Phi) is 8.63. The van der Waals surface area contributed by atoms with Crippen LogP contribution in [0.5, 0.6) is 0 Å².